The summed E-state index contributed by atoms with van der Waals surface area (Å²) in [4.78, 5) is 31.0. The van der Waals surface area contributed by atoms with Crippen LogP contribution in [0.3, 0.4) is 0 Å². The number of nitrogens with two attached hydrogens (primary N) is 1. The van der Waals surface area contributed by atoms with Crippen molar-refractivity contribution < 1.29 is 9.59 Å². The second-order valence-corrected chi connectivity index (χ2v) is 9.32. The standard InChI is InChI=1S/C24H25ClN4O2S/c25-18-5-3-4-16(12-18)13-23-27-19(15-32-23)14-22(30)28-20-6-1-2-7-21(20)29-10-8-17(9-11-29)24(26)31/h1-7,12,15,17H,8-11,13-14H2,(H2,26,31)(H,28,30). The molecule has 2 heterocycles. The van der Waals surface area contributed by atoms with Crippen LogP contribution in [0.2, 0.25) is 5.02 Å². The molecule has 2 amide bonds. The Morgan fingerprint density at radius 3 is 2.69 bits per heavy atom. The lowest BCUT2D eigenvalue weighted by atomic mass is 9.96. The molecule has 3 N–H and O–H groups in total. The normalized spacial score (nSPS) is 14.3. The quantitative estimate of drug-likeness (QED) is 0.542. The van der Waals surface area contributed by atoms with Gasteiger partial charge in [0.05, 0.1) is 28.5 Å². The van der Waals surface area contributed by atoms with Crippen molar-refractivity contribution >= 4 is 46.1 Å². The molecule has 2 aromatic carbocycles. The van der Waals surface area contributed by atoms with Crippen molar-refractivity contribution in [2.24, 2.45) is 11.7 Å². The number of nitrogens with zero attached hydrogens (tertiary/aromatic N) is 2. The highest BCUT2D eigenvalue weighted by atomic mass is 35.5. The minimum absolute atomic E-state index is 0.0706. The zero-order chi connectivity index (χ0) is 22.5. The van der Waals surface area contributed by atoms with Gasteiger partial charge >= 0.3 is 0 Å². The number of carbonyl (C=O) groups excluding carboxylic acids is 2. The van der Waals surface area contributed by atoms with Crippen LogP contribution in [0.25, 0.3) is 0 Å². The largest absolute Gasteiger partial charge is 0.370 e. The molecule has 1 aliphatic heterocycles. The number of rotatable bonds is 7. The zero-order valence-electron chi connectivity index (χ0n) is 17.6. The Balaban J connectivity index is 1.37. The Hall–Kier alpha value is -2.90. The maximum atomic E-state index is 12.7. The van der Waals surface area contributed by atoms with Gasteiger partial charge in [0.2, 0.25) is 11.8 Å². The number of anilines is 2. The highest BCUT2D eigenvalue weighted by molar-refractivity contribution is 7.09. The number of aromatic nitrogens is 1. The third-order valence-corrected chi connectivity index (χ3v) is 6.73. The Labute approximate surface area is 196 Å². The van der Waals surface area contributed by atoms with Gasteiger partial charge in [-0.1, -0.05) is 35.9 Å². The summed E-state index contributed by atoms with van der Waals surface area (Å²) >= 11 is 7.60. The molecule has 0 atom stereocenters. The second-order valence-electron chi connectivity index (χ2n) is 7.95. The maximum Gasteiger partial charge on any atom is 0.230 e. The van der Waals surface area contributed by atoms with Gasteiger partial charge in [0, 0.05) is 35.8 Å². The van der Waals surface area contributed by atoms with E-state index in [4.69, 9.17) is 17.3 Å². The molecule has 166 valence electrons. The third-order valence-electron chi connectivity index (χ3n) is 5.60. The molecule has 0 bridgehead atoms. The monoisotopic (exact) mass is 468 g/mol. The fraction of sp³-hybridized carbons (Fsp3) is 0.292. The van der Waals surface area contributed by atoms with E-state index in [2.05, 4.69) is 15.2 Å². The number of carbonyl (C=O) groups is 2. The summed E-state index contributed by atoms with van der Waals surface area (Å²) in [7, 11) is 0. The topological polar surface area (TPSA) is 88.3 Å². The van der Waals surface area contributed by atoms with Crippen LogP contribution in [-0.2, 0) is 22.4 Å². The third kappa shape index (κ3) is 5.66. The van der Waals surface area contributed by atoms with E-state index in [0.717, 1.165) is 53.6 Å². The minimum atomic E-state index is -0.232. The van der Waals surface area contributed by atoms with E-state index in [0.29, 0.717) is 11.4 Å². The van der Waals surface area contributed by atoms with Crippen LogP contribution in [0.15, 0.2) is 53.9 Å². The Morgan fingerprint density at radius 2 is 1.94 bits per heavy atom. The number of thiazole rings is 1. The van der Waals surface area contributed by atoms with E-state index in [-0.39, 0.29) is 24.2 Å². The van der Waals surface area contributed by atoms with E-state index >= 15 is 0 Å². The first-order valence-corrected chi connectivity index (χ1v) is 11.8. The molecule has 0 spiro atoms. The molecule has 1 fully saturated rings. The average Bonchev–Trinajstić information content (AvgIpc) is 3.20. The number of benzene rings is 2. The van der Waals surface area contributed by atoms with E-state index < -0.39 is 0 Å². The first-order valence-electron chi connectivity index (χ1n) is 10.6. The summed E-state index contributed by atoms with van der Waals surface area (Å²) < 4.78 is 0. The Kier molecular flexibility index (Phi) is 7.07. The predicted molar refractivity (Wildman–Crippen MR) is 129 cm³/mol. The molecule has 8 heteroatoms. The van der Waals surface area contributed by atoms with Crippen molar-refractivity contribution in [3.8, 4) is 0 Å². The predicted octanol–water partition coefficient (Wildman–Crippen LogP) is 4.27. The number of para-hydroxylation sites is 2. The first kappa shape index (κ1) is 22.3. The molecular weight excluding hydrogens is 444 g/mol. The number of halogens is 1. The molecule has 1 aliphatic rings. The van der Waals surface area contributed by atoms with Crippen LogP contribution in [0, 0.1) is 5.92 Å². The van der Waals surface area contributed by atoms with Gasteiger partial charge in [-0.2, -0.15) is 0 Å². The van der Waals surface area contributed by atoms with Gasteiger partial charge in [-0.05, 0) is 42.7 Å². The van der Waals surface area contributed by atoms with E-state index in [1.807, 2.05) is 53.9 Å². The molecule has 1 saturated heterocycles. The molecule has 0 unspecified atom stereocenters. The number of hydrogen-bond donors (Lipinski definition) is 2. The van der Waals surface area contributed by atoms with E-state index in [1.165, 1.54) is 0 Å². The molecule has 1 aromatic heterocycles. The van der Waals surface area contributed by atoms with Gasteiger partial charge in [0.15, 0.2) is 0 Å². The van der Waals surface area contributed by atoms with Gasteiger partial charge in [-0.3, -0.25) is 9.59 Å². The summed E-state index contributed by atoms with van der Waals surface area (Å²) in [6.45, 7) is 1.47. The second kappa shape index (κ2) is 10.1. The fourth-order valence-corrected chi connectivity index (χ4v) is 4.99. The number of piperidine rings is 1. The molecule has 0 saturated carbocycles. The lowest BCUT2D eigenvalue weighted by Crippen LogP contribution is -2.38. The Morgan fingerprint density at radius 1 is 1.16 bits per heavy atom. The van der Waals surface area contributed by atoms with Crippen LogP contribution in [0.1, 0.15) is 29.1 Å². The van der Waals surface area contributed by atoms with Crippen molar-refractivity contribution in [1.82, 2.24) is 4.98 Å². The van der Waals surface area contributed by atoms with Crippen LogP contribution in [0.4, 0.5) is 11.4 Å². The molecular formula is C24H25ClN4O2S. The highest BCUT2D eigenvalue weighted by Gasteiger charge is 2.24. The minimum Gasteiger partial charge on any atom is -0.370 e. The van der Waals surface area contributed by atoms with Gasteiger partial charge in [-0.25, -0.2) is 4.98 Å². The van der Waals surface area contributed by atoms with Crippen LogP contribution in [0.5, 0.6) is 0 Å². The zero-order valence-corrected chi connectivity index (χ0v) is 19.2. The number of nitrogens with one attached hydrogen (secondary N) is 1. The maximum absolute atomic E-state index is 12.7. The lowest BCUT2D eigenvalue weighted by Gasteiger charge is -2.33. The SMILES string of the molecule is NC(=O)C1CCN(c2ccccc2NC(=O)Cc2csc(Cc3cccc(Cl)c3)n2)CC1. The number of hydrogen-bond acceptors (Lipinski definition) is 5. The molecule has 3 aromatic rings. The van der Waals surface area contributed by atoms with Crippen molar-refractivity contribution in [2.45, 2.75) is 25.7 Å². The van der Waals surface area contributed by atoms with Crippen LogP contribution < -0.4 is 16.0 Å². The van der Waals surface area contributed by atoms with Crippen LogP contribution in [-0.4, -0.2) is 29.9 Å². The number of primary amides is 1. The first-order chi connectivity index (χ1) is 15.5. The molecule has 32 heavy (non-hydrogen) atoms. The highest BCUT2D eigenvalue weighted by Crippen LogP contribution is 2.30. The summed E-state index contributed by atoms with van der Waals surface area (Å²) in [5.41, 5.74) is 9.02. The van der Waals surface area contributed by atoms with Gasteiger partial charge in [0.25, 0.3) is 0 Å². The van der Waals surface area contributed by atoms with E-state index in [1.54, 1.807) is 11.3 Å². The molecule has 6 nitrogen and oxygen atoms in total. The summed E-state index contributed by atoms with van der Waals surface area (Å²) in [6.07, 6.45) is 2.36. The van der Waals surface area contributed by atoms with Gasteiger partial charge in [0.1, 0.15) is 0 Å². The summed E-state index contributed by atoms with van der Waals surface area (Å²) in [5, 5.41) is 6.62. The lowest BCUT2D eigenvalue weighted by molar-refractivity contribution is -0.122. The van der Waals surface area contributed by atoms with Crippen LogP contribution >= 0.6 is 22.9 Å². The van der Waals surface area contributed by atoms with Crippen molar-refractivity contribution in [3.05, 3.63) is 75.2 Å². The van der Waals surface area contributed by atoms with Gasteiger partial charge in [-0.15, -0.1) is 11.3 Å². The van der Waals surface area contributed by atoms with E-state index in [9.17, 15) is 9.59 Å². The summed E-state index contributed by atoms with van der Waals surface area (Å²) in [5.74, 6) is -0.410. The average molecular weight is 469 g/mol. The molecule has 4 rings (SSSR count). The molecule has 0 aliphatic carbocycles. The smallest absolute Gasteiger partial charge is 0.230 e. The van der Waals surface area contributed by atoms with Gasteiger partial charge < -0.3 is 16.0 Å². The Bertz CT molecular complexity index is 1110. The summed E-state index contributed by atoms with van der Waals surface area (Å²) in [6, 6.07) is 15.5. The molecule has 0 radical (unpaired) electrons. The number of amides is 2. The van der Waals surface area contributed by atoms with Crippen molar-refractivity contribution in [1.29, 1.82) is 0 Å². The van der Waals surface area contributed by atoms with Crippen molar-refractivity contribution in [2.75, 3.05) is 23.3 Å². The fourth-order valence-electron chi connectivity index (χ4n) is 3.95. The van der Waals surface area contributed by atoms with Crippen molar-refractivity contribution in [3.63, 3.8) is 0 Å².